The van der Waals surface area contributed by atoms with Crippen molar-refractivity contribution < 1.29 is 9.21 Å². The van der Waals surface area contributed by atoms with Gasteiger partial charge in [-0.3, -0.25) is 9.36 Å². The monoisotopic (exact) mass is 346 g/mol. The van der Waals surface area contributed by atoms with Crippen molar-refractivity contribution in [2.24, 2.45) is 0 Å². The lowest BCUT2D eigenvalue weighted by molar-refractivity contribution is 0.102. The SMILES string of the molecule is Cc1nccn1-c1ncccc1NC(=O)c1ccoc1Br. The highest BCUT2D eigenvalue weighted by molar-refractivity contribution is 9.10. The highest BCUT2D eigenvalue weighted by Crippen LogP contribution is 2.22. The normalized spacial score (nSPS) is 10.6. The average molecular weight is 347 g/mol. The van der Waals surface area contributed by atoms with E-state index in [2.05, 4.69) is 31.2 Å². The molecule has 7 heteroatoms. The van der Waals surface area contributed by atoms with Crippen molar-refractivity contribution in [2.45, 2.75) is 6.92 Å². The fourth-order valence-corrected chi connectivity index (χ4v) is 2.35. The minimum absolute atomic E-state index is 0.275. The summed E-state index contributed by atoms with van der Waals surface area (Å²) in [5.74, 6) is 1.12. The van der Waals surface area contributed by atoms with Crippen molar-refractivity contribution in [1.82, 2.24) is 14.5 Å². The number of hydrogen-bond donors (Lipinski definition) is 1. The largest absolute Gasteiger partial charge is 0.457 e. The predicted octanol–water partition coefficient (Wildman–Crippen LogP) is 3.18. The van der Waals surface area contributed by atoms with Gasteiger partial charge in [-0.25, -0.2) is 9.97 Å². The first-order chi connectivity index (χ1) is 10.2. The van der Waals surface area contributed by atoms with Gasteiger partial charge in [-0.15, -0.1) is 0 Å². The van der Waals surface area contributed by atoms with Gasteiger partial charge in [-0.1, -0.05) is 0 Å². The van der Waals surface area contributed by atoms with E-state index >= 15 is 0 Å². The van der Waals surface area contributed by atoms with Gasteiger partial charge in [0.1, 0.15) is 5.82 Å². The Hall–Kier alpha value is -2.41. The molecule has 3 aromatic heterocycles. The van der Waals surface area contributed by atoms with Gasteiger partial charge in [-0.2, -0.15) is 0 Å². The van der Waals surface area contributed by atoms with Crippen LogP contribution < -0.4 is 5.32 Å². The first-order valence-electron chi connectivity index (χ1n) is 6.16. The van der Waals surface area contributed by atoms with Gasteiger partial charge in [0.05, 0.1) is 17.5 Å². The van der Waals surface area contributed by atoms with Crippen LogP contribution in [0.5, 0.6) is 0 Å². The fourth-order valence-electron chi connectivity index (χ4n) is 1.93. The van der Waals surface area contributed by atoms with E-state index in [0.717, 1.165) is 5.82 Å². The van der Waals surface area contributed by atoms with Crippen LogP contribution >= 0.6 is 15.9 Å². The third-order valence-electron chi connectivity index (χ3n) is 2.95. The Bertz CT molecular complexity index is 794. The number of halogens is 1. The molecular formula is C14H11BrN4O2. The highest BCUT2D eigenvalue weighted by Gasteiger charge is 2.15. The third kappa shape index (κ3) is 2.59. The van der Waals surface area contributed by atoms with Gasteiger partial charge in [-0.05, 0) is 41.1 Å². The quantitative estimate of drug-likeness (QED) is 0.790. The Balaban J connectivity index is 1.95. The number of aromatic nitrogens is 3. The van der Waals surface area contributed by atoms with Crippen LogP contribution in [0.1, 0.15) is 16.2 Å². The maximum Gasteiger partial charge on any atom is 0.260 e. The molecule has 0 aliphatic rings. The summed E-state index contributed by atoms with van der Waals surface area (Å²) in [6.07, 6.45) is 6.59. The van der Waals surface area contributed by atoms with E-state index < -0.39 is 0 Å². The van der Waals surface area contributed by atoms with Crippen LogP contribution in [0.25, 0.3) is 5.82 Å². The van der Waals surface area contributed by atoms with Crippen LogP contribution in [-0.4, -0.2) is 20.4 Å². The van der Waals surface area contributed by atoms with Gasteiger partial charge >= 0.3 is 0 Å². The van der Waals surface area contributed by atoms with Crippen LogP contribution in [0.15, 0.2) is 52.1 Å². The molecule has 0 radical (unpaired) electrons. The molecule has 3 heterocycles. The Morgan fingerprint density at radius 2 is 2.19 bits per heavy atom. The molecule has 0 saturated carbocycles. The number of anilines is 1. The minimum atomic E-state index is -0.275. The fraction of sp³-hybridized carbons (Fsp3) is 0.0714. The molecule has 0 spiro atoms. The molecule has 0 fully saturated rings. The molecule has 0 aliphatic carbocycles. The summed E-state index contributed by atoms with van der Waals surface area (Å²) in [4.78, 5) is 20.7. The second-order valence-corrected chi connectivity index (χ2v) is 5.00. The standard InChI is InChI=1S/C14H11BrN4O2/c1-9-16-6-7-19(9)13-11(3-2-5-17-13)18-14(20)10-4-8-21-12(10)15/h2-8H,1H3,(H,18,20). The molecule has 3 rings (SSSR count). The Labute approximate surface area is 129 Å². The number of aryl methyl sites for hydroxylation is 1. The number of furan rings is 1. The maximum absolute atomic E-state index is 12.2. The summed E-state index contributed by atoms with van der Waals surface area (Å²) in [6, 6.07) is 5.14. The number of nitrogens with one attached hydrogen (secondary N) is 1. The summed E-state index contributed by atoms with van der Waals surface area (Å²) >= 11 is 3.19. The number of hydrogen-bond acceptors (Lipinski definition) is 4. The van der Waals surface area contributed by atoms with Gasteiger partial charge in [0.25, 0.3) is 5.91 Å². The topological polar surface area (TPSA) is 73.0 Å². The van der Waals surface area contributed by atoms with Crippen LogP contribution in [0.2, 0.25) is 0 Å². The molecule has 0 unspecified atom stereocenters. The molecule has 3 aromatic rings. The Morgan fingerprint density at radius 3 is 2.86 bits per heavy atom. The van der Waals surface area contributed by atoms with Crippen LogP contribution in [0, 0.1) is 6.92 Å². The van der Waals surface area contributed by atoms with Gasteiger partial charge < -0.3 is 9.73 Å². The molecule has 0 aliphatic heterocycles. The minimum Gasteiger partial charge on any atom is -0.457 e. The summed E-state index contributed by atoms with van der Waals surface area (Å²) in [6.45, 7) is 1.87. The van der Waals surface area contributed by atoms with Crippen molar-refractivity contribution in [3.63, 3.8) is 0 Å². The third-order valence-corrected chi connectivity index (χ3v) is 3.57. The maximum atomic E-state index is 12.2. The molecule has 6 nitrogen and oxygen atoms in total. The zero-order chi connectivity index (χ0) is 14.8. The van der Waals surface area contributed by atoms with Crippen molar-refractivity contribution in [2.75, 3.05) is 5.32 Å². The average Bonchev–Trinajstić information content (AvgIpc) is 3.08. The van der Waals surface area contributed by atoms with Gasteiger partial charge in [0.2, 0.25) is 0 Å². The molecule has 1 amide bonds. The van der Waals surface area contributed by atoms with Crippen LogP contribution in [0.4, 0.5) is 5.69 Å². The number of rotatable bonds is 3. The summed E-state index contributed by atoms with van der Waals surface area (Å²) in [7, 11) is 0. The number of amides is 1. The summed E-state index contributed by atoms with van der Waals surface area (Å²) in [5.41, 5.74) is 1.02. The van der Waals surface area contributed by atoms with E-state index in [1.165, 1.54) is 6.26 Å². The van der Waals surface area contributed by atoms with E-state index in [9.17, 15) is 4.79 Å². The molecule has 0 bridgehead atoms. The molecule has 0 aromatic carbocycles. The molecular weight excluding hydrogens is 336 g/mol. The number of pyridine rings is 1. The highest BCUT2D eigenvalue weighted by atomic mass is 79.9. The Morgan fingerprint density at radius 1 is 1.33 bits per heavy atom. The summed E-state index contributed by atoms with van der Waals surface area (Å²) in [5, 5.41) is 2.83. The van der Waals surface area contributed by atoms with E-state index in [0.29, 0.717) is 21.7 Å². The Kier molecular flexibility index (Phi) is 3.57. The van der Waals surface area contributed by atoms with Crippen LogP contribution in [-0.2, 0) is 0 Å². The van der Waals surface area contributed by atoms with E-state index in [4.69, 9.17) is 4.42 Å². The van der Waals surface area contributed by atoms with Crippen molar-refractivity contribution >= 4 is 27.5 Å². The first-order valence-corrected chi connectivity index (χ1v) is 6.96. The van der Waals surface area contributed by atoms with Crippen molar-refractivity contribution in [3.8, 4) is 5.82 Å². The lowest BCUT2D eigenvalue weighted by atomic mass is 10.3. The van der Waals surface area contributed by atoms with E-state index in [-0.39, 0.29) is 5.91 Å². The van der Waals surface area contributed by atoms with Gasteiger partial charge in [0.15, 0.2) is 10.5 Å². The zero-order valence-corrected chi connectivity index (χ0v) is 12.7. The second-order valence-electron chi connectivity index (χ2n) is 4.28. The second kappa shape index (κ2) is 5.53. The van der Waals surface area contributed by atoms with E-state index in [1.807, 2.05) is 6.92 Å². The zero-order valence-electron chi connectivity index (χ0n) is 11.1. The van der Waals surface area contributed by atoms with Gasteiger partial charge in [0, 0.05) is 18.6 Å². The lowest BCUT2D eigenvalue weighted by Gasteiger charge is -2.11. The van der Waals surface area contributed by atoms with Crippen molar-refractivity contribution in [3.05, 3.63) is 59.1 Å². The molecule has 0 saturated heterocycles. The molecule has 106 valence electrons. The van der Waals surface area contributed by atoms with E-state index in [1.54, 1.807) is 41.4 Å². The lowest BCUT2D eigenvalue weighted by Crippen LogP contribution is -2.14. The number of imidazole rings is 1. The molecule has 21 heavy (non-hydrogen) atoms. The first kappa shape index (κ1) is 13.6. The number of carbonyl (C=O) groups excluding carboxylic acids is 1. The molecule has 0 atom stereocenters. The van der Waals surface area contributed by atoms with Crippen molar-refractivity contribution in [1.29, 1.82) is 0 Å². The smallest absolute Gasteiger partial charge is 0.260 e. The predicted molar refractivity (Wildman–Crippen MR) is 80.5 cm³/mol. The molecule has 1 N–H and O–H groups in total. The number of nitrogens with zero attached hydrogens (tertiary/aromatic N) is 3. The van der Waals surface area contributed by atoms with Crippen LogP contribution in [0.3, 0.4) is 0 Å². The number of carbonyl (C=O) groups is 1. The summed E-state index contributed by atoms with van der Waals surface area (Å²) < 4.78 is 7.27.